The highest BCUT2D eigenvalue weighted by Gasteiger charge is 2.01. The normalized spacial score (nSPS) is 10.2. The Labute approximate surface area is 58.1 Å². The molecule has 5 heteroatoms. The number of nitrogens with two attached hydrogens (primary N) is 1. The van der Waals surface area contributed by atoms with Crippen LogP contribution in [-0.4, -0.2) is 10.2 Å². The molecule has 0 aliphatic heterocycles. The second-order valence-electron chi connectivity index (χ2n) is 1.75. The Morgan fingerprint density at radius 2 is 2.20 bits per heavy atom. The van der Waals surface area contributed by atoms with Crippen molar-refractivity contribution in [2.45, 2.75) is 20.0 Å². The molecule has 0 aliphatic rings. The largest absolute Gasteiger partial charge is 0.423 e. The van der Waals surface area contributed by atoms with Crippen molar-refractivity contribution in [3.05, 3.63) is 11.8 Å². The first-order chi connectivity index (χ1) is 4.86. The smallest absolute Gasteiger partial charge is 0.244 e. The van der Waals surface area contributed by atoms with Gasteiger partial charge in [-0.3, -0.25) is 4.84 Å². The van der Waals surface area contributed by atoms with E-state index in [1.165, 1.54) is 0 Å². The molecule has 2 N–H and O–H groups in total. The number of aromatic nitrogens is 2. The fraction of sp³-hybridized carbons (Fsp3) is 0.600. The molecule has 1 aromatic rings. The molecule has 0 aliphatic carbocycles. The predicted octanol–water partition coefficient (Wildman–Crippen LogP) is 0.0223. The standard InChI is InChI=1S/C5H9N3O2/c1-2-4-7-8-5(10-4)3-9-6/h2-3,6H2,1H3. The van der Waals surface area contributed by atoms with Crippen LogP contribution in [0, 0.1) is 0 Å². The highest BCUT2D eigenvalue weighted by Crippen LogP contribution is 1.99. The van der Waals surface area contributed by atoms with Gasteiger partial charge in [-0.2, -0.15) is 0 Å². The molecule has 0 atom stereocenters. The third kappa shape index (κ3) is 1.52. The van der Waals surface area contributed by atoms with E-state index in [-0.39, 0.29) is 6.61 Å². The maximum absolute atomic E-state index is 5.05. The summed E-state index contributed by atoms with van der Waals surface area (Å²) in [5, 5.41) is 7.36. The summed E-state index contributed by atoms with van der Waals surface area (Å²) in [5.41, 5.74) is 0. The third-order valence-electron chi connectivity index (χ3n) is 1.02. The highest BCUT2D eigenvalue weighted by molar-refractivity contribution is 4.78. The van der Waals surface area contributed by atoms with Gasteiger partial charge in [0.1, 0.15) is 6.61 Å². The number of aryl methyl sites for hydroxylation is 1. The van der Waals surface area contributed by atoms with Gasteiger partial charge in [0, 0.05) is 6.42 Å². The third-order valence-corrected chi connectivity index (χ3v) is 1.02. The second-order valence-corrected chi connectivity index (χ2v) is 1.75. The summed E-state index contributed by atoms with van der Waals surface area (Å²) >= 11 is 0. The van der Waals surface area contributed by atoms with Crippen LogP contribution >= 0.6 is 0 Å². The first-order valence-electron chi connectivity index (χ1n) is 2.99. The molecular weight excluding hydrogens is 134 g/mol. The summed E-state index contributed by atoms with van der Waals surface area (Å²) in [5.74, 6) is 5.80. The SMILES string of the molecule is CCc1nnc(CON)o1. The molecule has 56 valence electrons. The molecule has 0 amide bonds. The monoisotopic (exact) mass is 143 g/mol. The van der Waals surface area contributed by atoms with Crippen LogP contribution in [0.5, 0.6) is 0 Å². The topological polar surface area (TPSA) is 74.2 Å². The van der Waals surface area contributed by atoms with Crippen molar-refractivity contribution in [3.63, 3.8) is 0 Å². The average molecular weight is 143 g/mol. The Balaban J connectivity index is 2.59. The van der Waals surface area contributed by atoms with Crippen LogP contribution in [0.15, 0.2) is 4.42 Å². The Morgan fingerprint density at radius 3 is 2.70 bits per heavy atom. The van der Waals surface area contributed by atoms with Gasteiger partial charge in [-0.05, 0) is 0 Å². The molecule has 0 aromatic carbocycles. The Kier molecular flexibility index (Phi) is 2.35. The van der Waals surface area contributed by atoms with Crippen LogP contribution in [0.25, 0.3) is 0 Å². The maximum atomic E-state index is 5.05. The molecule has 0 spiro atoms. The van der Waals surface area contributed by atoms with Crippen LogP contribution in [0.1, 0.15) is 18.7 Å². The number of hydrogen-bond acceptors (Lipinski definition) is 5. The van der Waals surface area contributed by atoms with E-state index < -0.39 is 0 Å². The van der Waals surface area contributed by atoms with Crippen molar-refractivity contribution in [1.29, 1.82) is 0 Å². The minimum atomic E-state index is 0.174. The summed E-state index contributed by atoms with van der Waals surface area (Å²) in [6.45, 7) is 2.10. The fourth-order valence-corrected chi connectivity index (χ4v) is 0.561. The van der Waals surface area contributed by atoms with Crippen molar-refractivity contribution in [2.75, 3.05) is 0 Å². The molecule has 0 bridgehead atoms. The van der Waals surface area contributed by atoms with Gasteiger partial charge in [-0.1, -0.05) is 6.92 Å². The highest BCUT2D eigenvalue weighted by atomic mass is 16.6. The van der Waals surface area contributed by atoms with E-state index in [1.807, 2.05) is 6.92 Å². The van der Waals surface area contributed by atoms with E-state index in [1.54, 1.807) is 0 Å². The van der Waals surface area contributed by atoms with Crippen molar-refractivity contribution in [1.82, 2.24) is 10.2 Å². The molecule has 0 saturated carbocycles. The Hall–Kier alpha value is -0.940. The van der Waals surface area contributed by atoms with E-state index in [9.17, 15) is 0 Å². The lowest BCUT2D eigenvalue weighted by atomic mass is 10.5. The molecular formula is C5H9N3O2. The zero-order valence-corrected chi connectivity index (χ0v) is 5.70. The van der Waals surface area contributed by atoms with E-state index in [4.69, 9.17) is 10.3 Å². The van der Waals surface area contributed by atoms with E-state index in [0.29, 0.717) is 11.8 Å². The van der Waals surface area contributed by atoms with Crippen molar-refractivity contribution in [2.24, 2.45) is 5.90 Å². The molecule has 10 heavy (non-hydrogen) atoms. The Morgan fingerprint density at radius 1 is 1.50 bits per heavy atom. The van der Waals surface area contributed by atoms with Crippen LogP contribution < -0.4 is 5.90 Å². The lowest BCUT2D eigenvalue weighted by Crippen LogP contribution is -1.98. The van der Waals surface area contributed by atoms with Gasteiger partial charge in [0.25, 0.3) is 0 Å². The van der Waals surface area contributed by atoms with Gasteiger partial charge in [0.05, 0.1) is 0 Å². The van der Waals surface area contributed by atoms with Gasteiger partial charge in [0.15, 0.2) is 0 Å². The van der Waals surface area contributed by atoms with Gasteiger partial charge in [-0.25, -0.2) is 5.90 Å². The first-order valence-corrected chi connectivity index (χ1v) is 2.99. The first kappa shape index (κ1) is 7.17. The number of nitrogens with zero attached hydrogens (tertiary/aromatic N) is 2. The number of rotatable bonds is 3. The molecule has 1 rings (SSSR count). The summed E-state index contributed by atoms with van der Waals surface area (Å²) in [7, 11) is 0. The summed E-state index contributed by atoms with van der Waals surface area (Å²) in [4.78, 5) is 4.29. The summed E-state index contributed by atoms with van der Waals surface area (Å²) in [6, 6.07) is 0. The van der Waals surface area contributed by atoms with Gasteiger partial charge in [-0.15, -0.1) is 10.2 Å². The average Bonchev–Trinajstić information content (AvgIpc) is 2.37. The summed E-state index contributed by atoms with van der Waals surface area (Å²) < 4.78 is 5.05. The van der Waals surface area contributed by atoms with Crippen LogP contribution in [0.4, 0.5) is 0 Å². The minimum Gasteiger partial charge on any atom is -0.423 e. The predicted molar refractivity (Wildman–Crippen MR) is 32.7 cm³/mol. The minimum absolute atomic E-state index is 0.174. The second kappa shape index (κ2) is 3.28. The molecule has 0 fully saturated rings. The van der Waals surface area contributed by atoms with E-state index in [2.05, 4.69) is 15.0 Å². The summed E-state index contributed by atoms with van der Waals surface area (Å²) in [6.07, 6.45) is 0.734. The lowest BCUT2D eigenvalue weighted by molar-refractivity contribution is 0.104. The van der Waals surface area contributed by atoms with Crippen LogP contribution in [0.2, 0.25) is 0 Å². The van der Waals surface area contributed by atoms with Crippen molar-refractivity contribution < 1.29 is 9.25 Å². The zero-order chi connectivity index (χ0) is 7.40. The lowest BCUT2D eigenvalue weighted by Gasteiger charge is -1.87. The quantitative estimate of drug-likeness (QED) is 0.604. The van der Waals surface area contributed by atoms with Gasteiger partial charge in [0.2, 0.25) is 11.8 Å². The van der Waals surface area contributed by atoms with Crippen LogP contribution in [0.3, 0.4) is 0 Å². The van der Waals surface area contributed by atoms with Gasteiger partial charge < -0.3 is 4.42 Å². The molecule has 0 saturated heterocycles. The zero-order valence-electron chi connectivity index (χ0n) is 5.70. The molecule has 5 nitrogen and oxygen atoms in total. The fourth-order valence-electron chi connectivity index (χ4n) is 0.561. The molecule has 0 radical (unpaired) electrons. The maximum Gasteiger partial charge on any atom is 0.244 e. The van der Waals surface area contributed by atoms with Gasteiger partial charge >= 0.3 is 0 Å². The van der Waals surface area contributed by atoms with Crippen LogP contribution in [-0.2, 0) is 17.9 Å². The number of hydrogen-bond donors (Lipinski definition) is 1. The molecule has 1 heterocycles. The van der Waals surface area contributed by atoms with Crippen molar-refractivity contribution >= 4 is 0 Å². The van der Waals surface area contributed by atoms with E-state index >= 15 is 0 Å². The van der Waals surface area contributed by atoms with Crippen molar-refractivity contribution in [3.8, 4) is 0 Å². The Bertz CT molecular complexity index is 199. The molecule has 0 unspecified atom stereocenters. The van der Waals surface area contributed by atoms with E-state index in [0.717, 1.165) is 6.42 Å². The molecule has 1 aromatic heterocycles.